The molecule has 30 heavy (non-hydrogen) atoms. The molecule has 7 heteroatoms. The molecule has 1 saturated heterocycles. The summed E-state index contributed by atoms with van der Waals surface area (Å²) in [6.45, 7) is 3.37. The van der Waals surface area contributed by atoms with Gasteiger partial charge in [-0.25, -0.2) is 4.98 Å². The van der Waals surface area contributed by atoms with Gasteiger partial charge in [-0.3, -0.25) is 14.2 Å². The van der Waals surface area contributed by atoms with Gasteiger partial charge in [0.25, 0.3) is 11.5 Å². The number of benzene rings is 2. The van der Waals surface area contributed by atoms with E-state index in [2.05, 4.69) is 4.98 Å². The molecule has 2 aromatic carbocycles. The van der Waals surface area contributed by atoms with Crippen molar-refractivity contribution < 1.29 is 4.79 Å². The normalized spacial score (nSPS) is 22.7. The Labute approximate surface area is 181 Å². The number of halogens is 1. The van der Waals surface area contributed by atoms with Gasteiger partial charge >= 0.3 is 0 Å². The number of carbonyl (C=O) groups is 1. The van der Waals surface area contributed by atoms with Crippen LogP contribution in [0.5, 0.6) is 0 Å². The number of aryl methyl sites for hydroxylation is 1. The molecule has 6 nitrogen and oxygen atoms in total. The third-order valence-corrected chi connectivity index (χ3v) is 6.52. The van der Waals surface area contributed by atoms with Gasteiger partial charge in [-0.05, 0) is 68.0 Å². The molecule has 156 valence electrons. The summed E-state index contributed by atoms with van der Waals surface area (Å²) in [7, 11) is 0. The summed E-state index contributed by atoms with van der Waals surface area (Å²) in [4.78, 5) is 32.4. The van der Waals surface area contributed by atoms with E-state index in [1.807, 2.05) is 42.2 Å². The molecule has 1 aliphatic heterocycles. The highest BCUT2D eigenvalue weighted by Crippen LogP contribution is 2.37. The summed E-state index contributed by atoms with van der Waals surface area (Å²) < 4.78 is 1.59. The first-order valence-electron chi connectivity index (χ1n) is 10.2. The van der Waals surface area contributed by atoms with Crippen molar-refractivity contribution in [1.82, 2.24) is 14.5 Å². The molecule has 1 amide bonds. The minimum atomic E-state index is -0.103. The Morgan fingerprint density at radius 1 is 1.07 bits per heavy atom. The summed E-state index contributed by atoms with van der Waals surface area (Å²) in [5.41, 5.74) is 8.14. The van der Waals surface area contributed by atoms with E-state index in [0.717, 1.165) is 25.9 Å². The van der Waals surface area contributed by atoms with Crippen molar-refractivity contribution in [2.75, 3.05) is 13.1 Å². The van der Waals surface area contributed by atoms with E-state index in [-0.39, 0.29) is 29.9 Å². The number of aromatic nitrogens is 2. The quantitative estimate of drug-likeness (QED) is 0.685. The maximum atomic E-state index is 13.0. The first-order valence-corrected chi connectivity index (χ1v) is 10.2. The van der Waals surface area contributed by atoms with Crippen LogP contribution in [0.4, 0.5) is 0 Å². The van der Waals surface area contributed by atoms with Crippen LogP contribution < -0.4 is 11.3 Å². The Morgan fingerprint density at radius 2 is 1.80 bits per heavy atom. The van der Waals surface area contributed by atoms with Crippen molar-refractivity contribution in [1.29, 1.82) is 0 Å². The predicted molar refractivity (Wildman–Crippen MR) is 119 cm³/mol. The van der Waals surface area contributed by atoms with Crippen LogP contribution in [-0.4, -0.2) is 39.5 Å². The first-order chi connectivity index (χ1) is 14.0. The van der Waals surface area contributed by atoms with Crippen molar-refractivity contribution in [2.24, 2.45) is 17.6 Å². The van der Waals surface area contributed by atoms with Crippen molar-refractivity contribution in [3.8, 4) is 5.69 Å². The number of nitrogens with zero attached hydrogens (tertiary/aromatic N) is 3. The monoisotopic (exact) mass is 424 g/mol. The lowest BCUT2D eigenvalue weighted by Crippen LogP contribution is -2.33. The van der Waals surface area contributed by atoms with E-state index in [1.165, 1.54) is 0 Å². The second-order valence-electron chi connectivity index (χ2n) is 8.24. The van der Waals surface area contributed by atoms with Crippen molar-refractivity contribution >= 4 is 29.2 Å². The molecule has 1 aliphatic carbocycles. The molecule has 1 saturated carbocycles. The van der Waals surface area contributed by atoms with Crippen LogP contribution in [-0.2, 0) is 0 Å². The molecule has 2 heterocycles. The molecule has 0 radical (unpaired) electrons. The molecule has 2 N–H and O–H groups in total. The Hall–Kier alpha value is -2.70. The third-order valence-electron chi connectivity index (χ3n) is 6.52. The molecule has 3 atom stereocenters. The van der Waals surface area contributed by atoms with Crippen LogP contribution in [0.15, 0.2) is 53.3 Å². The fourth-order valence-electron chi connectivity index (χ4n) is 4.96. The number of fused-ring (bicyclic) bond motifs is 2. The van der Waals surface area contributed by atoms with Crippen LogP contribution in [0.25, 0.3) is 16.6 Å². The van der Waals surface area contributed by atoms with Crippen molar-refractivity contribution in [2.45, 2.75) is 25.8 Å². The largest absolute Gasteiger partial charge is 0.338 e. The second kappa shape index (κ2) is 7.85. The molecular weight excluding hydrogens is 400 g/mol. The highest BCUT2D eigenvalue weighted by molar-refractivity contribution is 5.94. The number of likely N-dealkylation sites (tertiary alicyclic amines) is 1. The lowest BCUT2D eigenvalue weighted by molar-refractivity contribution is 0.0779. The summed E-state index contributed by atoms with van der Waals surface area (Å²) in [5, 5.41) is 0.582. The zero-order chi connectivity index (χ0) is 20.1. The number of hydrogen-bond donors (Lipinski definition) is 1. The first kappa shape index (κ1) is 20.6. The Bertz CT molecular complexity index is 1160. The molecule has 1 aromatic heterocycles. The van der Waals surface area contributed by atoms with Crippen LogP contribution in [0.3, 0.4) is 0 Å². The Balaban J connectivity index is 0.00000218. The number of carbonyl (C=O) groups excluding carboxylic acids is 1. The molecule has 3 unspecified atom stereocenters. The van der Waals surface area contributed by atoms with E-state index in [9.17, 15) is 9.59 Å². The molecule has 2 fully saturated rings. The van der Waals surface area contributed by atoms with Gasteiger partial charge in [-0.15, -0.1) is 12.4 Å². The van der Waals surface area contributed by atoms with Gasteiger partial charge in [-0.2, -0.15) is 0 Å². The topological polar surface area (TPSA) is 81.2 Å². The summed E-state index contributed by atoms with van der Waals surface area (Å²) in [6.07, 6.45) is 2.19. The number of para-hydroxylation sites is 1. The van der Waals surface area contributed by atoms with E-state index >= 15 is 0 Å². The number of amides is 1. The minimum Gasteiger partial charge on any atom is -0.338 e. The maximum Gasteiger partial charge on any atom is 0.265 e. The fraction of sp³-hybridized carbons (Fsp3) is 0.348. The van der Waals surface area contributed by atoms with Gasteiger partial charge in [0.2, 0.25) is 0 Å². The zero-order valence-electron chi connectivity index (χ0n) is 16.8. The van der Waals surface area contributed by atoms with E-state index in [4.69, 9.17) is 5.73 Å². The molecule has 0 spiro atoms. The average Bonchev–Trinajstić information content (AvgIpc) is 3.30. The maximum absolute atomic E-state index is 13.0. The fourth-order valence-corrected chi connectivity index (χ4v) is 4.96. The van der Waals surface area contributed by atoms with Gasteiger partial charge in [-0.1, -0.05) is 12.1 Å². The van der Waals surface area contributed by atoms with E-state index < -0.39 is 0 Å². The standard InChI is InChI=1S/C23H24N4O2.ClH/c1-14-25-21-5-3-2-4-18(21)23(29)27(14)17-9-6-15(7-10-17)22(28)26-12-16-8-11-20(24)19(16)13-26;/h2-7,9-10,16,19-20H,8,11-13,24H2,1H3;1H. The van der Waals surface area contributed by atoms with Gasteiger partial charge in [0.15, 0.2) is 0 Å². The van der Waals surface area contributed by atoms with E-state index in [1.54, 1.807) is 22.8 Å². The van der Waals surface area contributed by atoms with Crippen LogP contribution in [0, 0.1) is 18.8 Å². The number of nitrogens with two attached hydrogens (primary N) is 1. The molecule has 5 rings (SSSR count). The second-order valence-corrected chi connectivity index (χ2v) is 8.24. The van der Waals surface area contributed by atoms with Crippen LogP contribution in [0.1, 0.15) is 29.0 Å². The van der Waals surface area contributed by atoms with Gasteiger partial charge in [0.05, 0.1) is 16.6 Å². The highest BCUT2D eigenvalue weighted by Gasteiger charge is 2.42. The Kier molecular flexibility index (Phi) is 5.38. The molecule has 3 aromatic rings. The third kappa shape index (κ3) is 3.30. The zero-order valence-corrected chi connectivity index (χ0v) is 17.6. The molecule has 2 aliphatic rings. The highest BCUT2D eigenvalue weighted by atomic mass is 35.5. The predicted octanol–water partition coefficient (Wildman–Crippen LogP) is 2.93. The lowest BCUT2D eigenvalue weighted by Gasteiger charge is -2.19. The van der Waals surface area contributed by atoms with Gasteiger partial charge in [0, 0.05) is 24.7 Å². The van der Waals surface area contributed by atoms with Crippen molar-refractivity contribution in [3.05, 3.63) is 70.3 Å². The molecule has 0 bridgehead atoms. The van der Waals surface area contributed by atoms with Gasteiger partial charge < -0.3 is 10.6 Å². The summed E-state index contributed by atoms with van der Waals surface area (Å²) >= 11 is 0. The SMILES string of the molecule is Cc1nc2ccccc2c(=O)n1-c1ccc(C(=O)N2CC3CCC(N)C3C2)cc1.Cl. The summed E-state index contributed by atoms with van der Waals surface area (Å²) in [5.74, 6) is 1.63. The van der Waals surface area contributed by atoms with E-state index in [0.29, 0.717) is 39.8 Å². The lowest BCUT2D eigenvalue weighted by atomic mass is 9.98. The van der Waals surface area contributed by atoms with Crippen LogP contribution in [0.2, 0.25) is 0 Å². The summed E-state index contributed by atoms with van der Waals surface area (Å²) in [6, 6.07) is 14.8. The average molecular weight is 425 g/mol. The molecular formula is C23H25ClN4O2. The number of rotatable bonds is 2. The van der Waals surface area contributed by atoms with Gasteiger partial charge in [0.1, 0.15) is 5.82 Å². The smallest absolute Gasteiger partial charge is 0.265 e. The minimum absolute atomic E-state index is 0. The van der Waals surface area contributed by atoms with Crippen LogP contribution >= 0.6 is 12.4 Å². The number of hydrogen-bond acceptors (Lipinski definition) is 4. The Morgan fingerprint density at radius 3 is 2.53 bits per heavy atom. The van der Waals surface area contributed by atoms with Crippen molar-refractivity contribution in [3.63, 3.8) is 0 Å².